The number of carbonyl (C=O) groups excluding carboxylic acids is 1. The van der Waals surface area contributed by atoms with Crippen molar-refractivity contribution in [2.45, 2.75) is 32.1 Å². The monoisotopic (exact) mass is 256 g/mol. The highest BCUT2D eigenvalue weighted by atomic mass is 32.1. The van der Waals surface area contributed by atoms with Gasteiger partial charge in [0.1, 0.15) is 0 Å². The summed E-state index contributed by atoms with van der Waals surface area (Å²) in [6, 6.07) is 10.4. The van der Waals surface area contributed by atoms with Crippen LogP contribution in [0.2, 0.25) is 0 Å². The Morgan fingerprint density at radius 3 is 2.89 bits per heavy atom. The predicted molar refractivity (Wildman–Crippen MR) is 75.5 cm³/mol. The molecule has 0 saturated carbocycles. The second-order valence-electron chi connectivity index (χ2n) is 4.90. The molecular weight excluding hydrogens is 240 g/mol. The highest BCUT2D eigenvalue weighted by molar-refractivity contribution is 7.10. The summed E-state index contributed by atoms with van der Waals surface area (Å²) in [5.74, 6) is 0.379. The molecule has 0 aliphatic heterocycles. The van der Waals surface area contributed by atoms with Crippen LogP contribution in [0.3, 0.4) is 0 Å². The van der Waals surface area contributed by atoms with Crippen molar-refractivity contribution in [3.8, 4) is 0 Å². The van der Waals surface area contributed by atoms with Gasteiger partial charge in [0.2, 0.25) is 0 Å². The van der Waals surface area contributed by atoms with Gasteiger partial charge in [-0.3, -0.25) is 4.79 Å². The van der Waals surface area contributed by atoms with Crippen molar-refractivity contribution < 1.29 is 4.79 Å². The first-order valence-corrected chi connectivity index (χ1v) is 7.31. The highest BCUT2D eigenvalue weighted by Crippen LogP contribution is 2.35. The maximum Gasteiger partial charge on any atom is 0.171 e. The van der Waals surface area contributed by atoms with Crippen molar-refractivity contribution in [3.05, 3.63) is 57.3 Å². The molecule has 0 N–H and O–H groups in total. The Hall–Kier alpha value is -1.41. The second-order valence-corrected chi connectivity index (χ2v) is 6.02. The number of thiophene rings is 1. The molecule has 1 atom stereocenters. The highest BCUT2D eigenvalue weighted by Gasteiger charge is 2.27. The van der Waals surface area contributed by atoms with Crippen molar-refractivity contribution in [1.82, 2.24) is 0 Å². The third-order valence-electron chi connectivity index (χ3n) is 3.81. The largest absolute Gasteiger partial charge is 0.293 e. The molecular formula is C16H16OS. The lowest BCUT2D eigenvalue weighted by atomic mass is 9.79. The molecule has 0 saturated heterocycles. The number of hydrogen-bond donors (Lipinski definition) is 0. The molecule has 1 heterocycles. The van der Waals surface area contributed by atoms with E-state index < -0.39 is 0 Å². The van der Waals surface area contributed by atoms with Gasteiger partial charge in [0, 0.05) is 16.4 Å². The number of rotatable bonds is 2. The lowest BCUT2D eigenvalue weighted by Crippen LogP contribution is -2.18. The molecule has 0 amide bonds. The van der Waals surface area contributed by atoms with Crippen LogP contribution in [0.15, 0.2) is 35.7 Å². The van der Waals surface area contributed by atoms with E-state index in [1.807, 2.05) is 24.4 Å². The summed E-state index contributed by atoms with van der Waals surface area (Å²) in [6.45, 7) is 2.03. The molecule has 3 rings (SSSR count). The summed E-state index contributed by atoms with van der Waals surface area (Å²) in [4.78, 5) is 13.8. The van der Waals surface area contributed by atoms with Crippen LogP contribution in [0.1, 0.15) is 45.1 Å². The summed E-state index contributed by atoms with van der Waals surface area (Å²) < 4.78 is 0. The standard InChI is InChI=1S/C16H16OS/c1-11-13(9-10-18-11)16(17)15-8-4-6-12-5-2-3-7-14(12)15/h2-3,5,7,9-10,15H,4,6,8H2,1H3. The van der Waals surface area contributed by atoms with E-state index in [1.165, 1.54) is 11.1 Å². The SMILES string of the molecule is Cc1sccc1C(=O)C1CCCc2ccccc21. The van der Waals surface area contributed by atoms with E-state index in [2.05, 4.69) is 18.2 Å². The van der Waals surface area contributed by atoms with Gasteiger partial charge >= 0.3 is 0 Å². The van der Waals surface area contributed by atoms with Crippen LogP contribution < -0.4 is 0 Å². The van der Waals surface area contributed by atoms with Gasteiger partial charge in [-0.05, 0) is 48.8 Å². The van der Waals surface area contributed by atoms with E-state index in [0.717, 1.165) is 29.7 Å². The smallest absolute Gasteiger partial charge is 0.171 e. The minimum atomic E-state index is 0.0725. The fourth-order valence-corrected chi connectivity index (χ4v) is 3.56. The average molecular weight is 256 g/mol. The van der Waals surface area contributed by atoms with E-state index in [-0.39, 0.29) is 5.92 Å². The van der Waals surface area contributed by atoms with E-state index in [1.54, 1.807) is 11.3 Å². The van der Waals surface area contributed by atoms with Crippen LogP contribution in [0.25, 0.3) is 0 Å². The fourth-order valence-electron chi connectivity index (χ4n) is 2.85. The summed E-state index contributed by atoms with van der Waals surface area (Å²) >= 11 is 1.66. The molecule has 1 unspecified atom stereocenters. The maximum absolute atomic E-state index is 12.7. The normalized spacial score (nSPS) is 18.4. The van der Waals surface area contributed by atoms with Crippen LogP contribution in [-0.4, -0.2) is 5.78 Å². The van der Waals surface area contributed by atoms with Gasteiger partial charge in [-0.1, -0.05) is 24.3 Å². The topological polar surface area (TPSA) is 17.1 Å². The van der Waals surface area contributed by atoms with Gasteiger partial charge in [0.05, 0.1) is 0 Å². The number of aryl methyl sites for hydroxylation is 2. The molecule has 2 aromatic rings. The Balaban J connectivity index is 2.00. The van der Waals surface area contributed by atoms with Crippen LogP contribution >= 0.6 is 11.3 Å². The average Bonchev–Trinajstić information content (AvgIpc) is 2.83. The van der Waals surface area contributed by atoms with Gasteiger partial charge < -0.3 is 0 Å². The lowest BCUT2D eigenvalue weighted by molar-refractivity contribution is 0.0951. The van der Waals surface area contributed by atoms with Gasteiger partial charge in [-0.15, -0.1) is 11.3 Å². The van der Waals surface area contributed by atoms with Crippen molar-refractivity contribution in [2.24, 2.45) is 0 Å². The lowest BCUT2D eigenvalue weighted by Gasteiger charge is -2.24. The van der Waals surface area contributed by atoms with E-state index in [4.69, 9.17) is 0 Å². The minimum absolute atomic E-state index is 0.0725. The fraction of sp³-hybridized carbons (Fsp3) is 0.312. The third kappa shape index (κ3) is 1.91. The Morgan fingerprint density at radius 1 is 1.28 bits per heavy atom. The number of hydrogen-bond acceptors (Lipinski definition) is 2. The molecule has 18 heavy (non-hydrogen) atoms. The van der Waals surface area contributed by atoms with Crippen LogP contribution in [0.5, 0.6) is 0 Å². The molecule has 0 radical (unpaired) electrons. The molecule has 0 bridgehead atoms. The summed E-state index contributed by atoms with van der Waals surface area (Å²) in [5, 5.41) is 2.01. The Morgan fingerprint density at radius 2 is 2.11 bits per heavy atom. The first-order chi connectivity index (χ1) is 8.77. The summed E-state index contributed by atoms with van der Waals surface area (Å²) in [7, 11) is 0. The van der Waals surface area contributed by atoms with E-state index in [0.29, 0.717) is 5.78 Å². The van der Waals surface area contributed by atoms with Crippen molar-refractivity contribution in [1.29, 1.82) is 0 Å². The Kier molecular flexibility index (Phi) is 3.04. The maximum atomic E-state index is 12.7. The van der Waals surface area contributed by atoms with E-state index >= 15 is 0 Å². The quantitative estimate of drug-likeness (QED) is 0.730. The van der Waals surface area contributed by atoms with Crippen LogP contribution in [-0.2, 0) is 6.42 Å². The van der Waals surface area contributed by atoms with E-state index in [9.17, 15) is 4.79 Å². The Bertz CT molecular complexity index is 582. The predicted octanol–water partition coefficient (Wildman–Crippen LogP) is 4.36. The zero-order valence-electron chi connectivity index (χ0n) is 10.5. The molecule has 1 aliphatic rings. The molecule has 0 fully saturated rings. The van der Waals surface area contributed by atoms with Gasteiger partial charge in [0.15, 0.2) is 5.78 Å². The molecule has 1 nitrogen and oxygen atoms in total. The van der Waals surface area contributed by atoms with Gasteiger partial charge in [0.25, 0.3) is 0 Å². The molecule has 1 aromatic heterocycles. The first-order valence-electron chi connectivity index (χ1n) is 6.43. The number of Topliss-reactive ketones (excluding diaryl/α,β-unsaturated/α-hetero) is 1. The van der Waals surface area contributed by atoms with Gasteiger partial charge in [-0.25, -0.2) is 0 Å². The molecule has 92 valence electrons. The Labute approximate surface area is 111 Å². The number of benzene rings is 1. The second kappa shape index (κ2) is 4.69. The number of fused-ring (bicyclic) bond motifs is 1. The van der Waals surface area contributed by atoms with Gasteiger partial charge in [-0.2, -0.15) is 0 Å². The summed E-state index contributed by atoms with van der Waals surface area (Å²) in [6.07, 6.45) is 3.23. The zero-order valence-corrected chi connectivity index (χ0v) is 11.3. The summed E-state index contributed by atoms with van der Waals surface area (Å²) in [5.41, 5.74) is 3.52. The number of ketones is 1. The third-order valence-corrected chi connectivity index (χ3v) is 4.66. The molecule has 1 aromatic carbocycles. The molecule has 0 spiro atoms. The molecule has 1 aliphatic carbocycles. The van der Waals surface area contributed by atoms with Crippen molar-refractivity contribution in [3.63, 3.8) is 0 Å². The van der Waals surface area contributed by atoms with Crippen molar-refractivity contribution in [2.75, 3.05) is 0 Å². The van der Waals surface area contributed by atoms with Crippen LogP contribution in [0, 0.1) is 6.92 Å². The first kappa shape index (κ1) is 11.7. The van der Waals surface area contributed by atoms with Crippen molar-refractivity contribution >= 4 is 17.1 Å². The zero-order chi connectivity index (χ0) is 12.5. The molecule has 2 heteroatoms. The van der Waals surface area contributed by atoms with Crippen LogP contribution in [0.4, 0.5) is 0 Å². The minimum Gasteiger partial charge on any atom is -0.293 e. The number of carbonyl (C=O) groups is 1.